The SMILES string of the molecule is OC(Cc1ccc2ccccc2n1)(c1ccccc1)c1ccccc1.[Cl][Zr]([Cl])[Cl]. The number of aliphatic hydroxyl groups is 1. The normalized spacial score (nSPS) is 10.9. The van der Waals surface area contributed by atoms with Gasteiger partial charge in [0.15, 0.2) is 0 Å². The average Bonchev–Trinajstić information content (AvgIpc) is 2.74. The van der Waals surface area contributed by atoms with Crippen LogP contribution in [0.1, 0.15) is 16.8 Å². The van der Waals surface area contributed by atoms with Crippen LogP contribution in [0.2, 0.25) is 0 Å². The first-order chi connectivity index (χ1) is 14.0. The first-order valence-electron chi connectivity index (χ1n) is 9.00. The van der Waals surface area contributed by atoms with Crippen molar-refractivity contribution in [3.8, 4) is 0 Å². The van der Waals surface area contributed by atoms with E-state index in [1.807, 2.05) is 91.0 Å². The molecular weight excluding hydrogens is 504 g/mol. The van der Waals surface area contributed by atoms with Crippen LogP contribution in [-0.4, -0.2) is 10.1 Å². The number of aromatic nitrogens is 1. The van der Waals surface area contributed by atoms with Crippen molar-refractivity contribution < 1.29 is 23.3 Å². The Kier molecular flexibility index (Phi) is 8.29. The zero-order valence-corrected chi connectivity index (χ0v) is 20.2. The summed E-state index contributed by atoms with van der Waals surface area (Å²) in [7, 11) is 15.0. The van der Waals surface area contributed by atoms with Crippen molar-refractivity contribution in [1.82, 2.24) is 4.98 Å². The minimum atomic E-state index is -2.13. The minimum absolute atomic E-state index is 0.422. The van der Waals surface area contributed by atoms with Crippen LogP contribution in [0, 0.1) is 0 Å². The summed E-state index contributed by atoms with van der Waals surface area (Å²) in [6.07, 6.45) is 0.422. The Morgan fingerprint density at radius 2 is 1.17 bits per heavy atom. The summed E-state index contributed by atoms with van der Waals surface area (Å²) in [6.45, 7) is 0. The fourth-order valence-corrected chi connectivity index (χ4v) is 3.27. The second-order valence-corrected chi connectivity index (χ2v) is 17.7. The molecule has 0 amide bonds. The van der Waals surface area contributed by atoms with Crippen LogP contribution in [0.25, 0.3) is 10.9 Å². The molecular formula is C23H19Cl3NOZr. The van der Waals surface area contributed by atoms with E-state index in [1.54, 1.807) is 0 Å². The maximum absolute atomic E-state index is 11.6. The van der Waals surface area contributed by atoms with E-state index >= 15 is 0 Å². The Labute approximate surface area is 189 Å². The summed E-state index contributed by atoms with van der Waals surface area (Å²) >= 11 is -2.13. The third kappa shape index (κ3) is 6.13. The Morgan fingerprint density at radius 3 is 1.72 bits per heavy atom. The Balaban J connectivity index is 0.000000552. The second kappa shape index (κ2) is 10.7. The van der Waals surface area contributed by atoms with E-state index in [9.17, 15) is 5.11 Å². The maximum atomic E-state index is 11.6. The van der Waals surface area contributed by atoms with Gasteiger partial charge >= 0.3 is 43.7 Å². The number of halogens is 3. The van der Waals surface area contributed by atoms with Gasteiger partial charge in [-0.2, -0.15) is 0 Å². The standard InChI is InChI=1S/C23H19NO.3ClH.Zr/c25-23(19-10-3-1-4-11-19,20-12-5-2-6-13-20)17-21-16-15-18-9-7-8-14-22(18)24-21;;;;/h1-16,25H,17H2;3*1H;/q;;;;+3/p-3. The van der Waals surface area contributed by atoms with Crippen molar-refractivity contribution in [1.29, 1.82) is 0 Å². The van der Waals surface area contributed by atoms with Crippen LogP contribution < -0.4 is 0 Å². The molecule has 0 bridgehead atoms. The predicted molar refractivity (Wildman–Crippen MR) is 119 cm³/mol. The molecule has 0 aliphatic heterocycles. The van der Waals surface area contributed by atoms with Gasteiger partial charge in [-0.15, -0.1) is 0 Å². The monoisotopic (exact) mass is 520 g/mol. The van der Waals surface area contributed by atoms with Crippen LogP contribution in [0.15, 0.2) is 97.1 Å². The first-order valence-corrected chi connectivity index (χ1v) is 18.5. The molecule has 1 heterocycles. The molecule has 0 aliphatic carbocycles. The van der Waals surface area contributed by atoms with Gasteiger partial charge < -0.3 is 5.11 Å². The zero-order chi connectivity index (χ0) is 20.7. The number of fused-ring (bicyclic) bond motifs is 1. The fraction of sp³-hybridized carbons (Fsp3) is 0.0870. The first kappa shape index (κ1) is 22.5. The van der Waals surface area contributed by atoms with Gasteiger partial charge in [0.05, 0.1) is 5.52 Å². The van der Waals surface area contributed by atoms with Crippen LogP contribution >= 0.6 is 25.5 Å². The van der Waals surface area contributed by atoms with E-state index in [2.05, 4.69) is 6.07 Å². The van der Waals surface area contributed by atoms with Crippen molar-refractivity contribution in [2.75, 3.05) is 0 Å². The summed E-state index contributed by atoms with van der Waals surface area (Å²) in [5.41, 5.74) is 2.45. The molecule has 0 unspecified atom stereocenters. The van der Waals surface area contributed by atoms with E-state index in [-0.39, 0.29) is 0 Å². The van der Waals surface area contributed by atoms with Crippen LogP contribution in [-0.2, 0) is 30.2 Å². The molecule has 0 spiro atoms. The molecule has 3 aromatic carbocycles. The summed E-state index contributed by atoms with van der Waals surface area (Å²) in [5, 5.41) is 12.7. The topological polar surface area (TPSA) is 33.1 Å². The van der Waals surface area contributed by atoms with Gasteiger partial charge in [-0.3, -0.25) is 4.98 Å². The zero-order valence-electron chi connectivity index (χ0n) is 15.5. The van der Waals surface area contributed by atoms with E-state index < -0.39 is 23.8 Å². The Hall–Kier alpha value is -1.22. The van der Waals surface area contributed by atoms with Crippen molar-refractivity contribution >= 4 is 36.4 Å². The van der Waals surface area contributed by atoms with Gasteiger partial charge in [0.1, 0.15) is 5.60 Å². The van der Waals surface area contributed by atoms with Crippen LogP contribution in [0.4, 0.5) is 0 Å². The number of hydrogen-bond acceptors (Lipinski definition) is 2. The van der Waals surface area contributed by atoms with Crippen molar-refractivity contribution in [3.63, 3.8) is 0 Å². The number of rotatable bonds is 4. The van der Waals surface area contributed by atoms with E-state index in [0.29, 0.717) is 6.42 Å². The van der Waals surface area contributed by atoms with Gasteiger partial charge in [0, 0.05) is 17.5 Å². The predicted octanol–water partition coefficient (Wildman–Crippen LogP) is 6.78. The molecule has 0 aliphatic rings. The fourth-order valence-electron chi connectivity index (χ4n) is 3.27. The number of pyridine rings is 1. The number of benzene rings is 3. The number of hydrogen-bond donors (Lipinski definition) is 1. The quantitative estimate of drug-likeness (QED) is 0.320. The van der Waals surface area contributed by atoms with Crippen LogP contribution in [0.5, 0.6) is 0 Å². The molecule has 29 heavy (non-hydrogen) atoms. The van der Waals surface area contributed by atoms with Crippen molar-refractivity contribution in [2.45, 2.75) is 12.0 Å². The molecule has 6 heteroatoms. The second-order valence-electron chi connectivity index (χ2n) is 6.48. The molecule has 147 valence electrons. The summed E-state index contributed by atoms with van der Waals surface area (Å²) in [6, 6.07) is 31.7. The van der Waals surface area contributed by atoms with Crippen molar-refractivity contribution in [3.05, 3.63) is 114 Å². The molecule has 0 atom stereocenters. The summed E-state index contributed by atoms with van der Waals surface area (Å²) < 4.78 is 0. The van der Waals surface area contributed by atoms with E-state index in [4.69, 9.17) is 30.5 Å². The molecule has 4 rings (SSSR count). The van der Waals surface area contributed by atoms with Gasteiger partial charge in [0.25, 0.3) is 0 Å². The van der Waals surface area contributed by atoms with Gasteiger partial charge in [0.2, 0.25) is 0 Å². The number of para-hydroxylation sites is 1. The van der Waals surface area contributed by atoms with E-state index in [1.165, 1.54) is 0 Å². The number of nitrogens with zero attached hydrogens (tertiary/aromatic N) is 1. The van der Waals surface area contributed by atoms with Gasteiger partial charge in [-0.25, -0.2) is 0 Å². The molecule has 1 aromatic heterocycles. The van der Waals surface area contributed by atoms with Crippen LogP contribution in [0.3, 0.4) is 0 Å². The summed E-state index contributed by atoms with van der Waals surface area (Å²) in [4.78, 5) is 4.75. The average molecular weight is 523 g/mol. The third-order valence-corrected chi connectivity index (χ3v) is 4.60. The molecule has 1 N–H and O–H groups in total. The van der Waals surface area contributed by atoms with Gasteiger partial charge in [-0.1, -0.05) is 84.9 Å². The molecule has 0 radical (unpaired) electrons. The molecule has 2 nitrogen and oxygen atoms in total. The van der Waals surface area contributed by atoms with E-state index in [0.717, 1.165) is 27.7 Å². The third-order valence-electron chi connectivity index (χ3n) is 4.60. The van der Waals surface area contributed by atoms with Gasteiger partial charge in [-0.05, 0) is 23.3 Å². The Bertz CT molecular complexity index is 1000. The Morgan fingerprint density at radius 1 is 0.690 bits per heavy atom. The summed E-state index contributed by atoms with van der Waals surface area (Å²) in [5.74, 6) is 0. The molecule has 0 fully saturated rings. The van der Waals surface area contributed by atoms with Crippen molar-refractivity contribution in [2.24, 2.45) is 0 Å². The molecule has 0 saturated carbocycles. The molecule has 0 saturated heterocycles. The molecule has 4 aromatic rings.